The van der Waals surface area contributed by atoms with E-state index >= 15 is 0 Å². The van der Waals surface area contributed by atoms with E-state index in [0.717, 1.165) is 48.6 Å². The summed E-state index contributed by atoms with van der Waals surface area (Å²) in [6, 6.07) is 23.0. The highest BCUT2D eigenvalue weighted by Crippen LogP contribution is 2.39. The minimum atomic E-state index is -0.312. The van der Waals surface area contributed by atoms with Crippen molar-refractivity contribution >= 4 is 29.0 Å². The van der Waals surface area contributed by atoms with Crippen molar-refractivity contribution in [2.24, 2.45) is 5.41 Å². The Morgan fingerprint density at radius 3 is 2.27 bits per heavy atom. The van der Waals surface area contributed by atoms with Gasteiger partial charge in [0.05, 0.1) is 31.4 Å². The summed E-state index contributed by atoms with van der Waals surface area (Å²) in [6.45, 7) is 2.91. The van der Waals surface area contributed by atoms with Gasteiger partial charge in [-0.05, 0) is 59.2 Å². The lowest BCUT2D eigenvalue weighted by molar-refractivity contribution is -0.176. The SMILES string of the molecule is COc1cc(C(=O)N2CC3(COC3)C2)ccc1Nc1nc2ccc(-c3ccc(CC(=O)Cc4ccc(F)cc4)cc3)cn2n1. The molecule has 2 saturated heterocycles. The molecule has 1 N–H and O–H groups in total. The minimum Gasteiger partial charge on any atom is -0.495 e. The Labute approximate surface area is 253 Å². The number of nitrogens with one attached hydrogen (secondary N) is 1. The van der Waals surface area contributed by atoms with E-state index in [2.05, 4.69) is 15.4 Å². The predicted octanol–water partition coefficient (Wildman–Crippen LogP) is 5.11. The number of carbonyl (C=O) groups excluding carboxylic acids is 2. The second-order valence-corrected chi connectivity index (χ2v) is 11.6. The van der Waals surface area contributed by atoms with Crippen LogP contribution in [0.4, 0.5) is 16.0 Å². The van der Waals surface area contributed by atoms with Crippen molar-refractivity contribution < 1.29 is 23.5 Å². The van der Waals surface area contributed by atoms with Crippen LogP contribution in [-0.4, -0.2) is 64.6 Å². The van der Waals surface area contributed by atoms with E-state index in [-0.39, 0.29) is 29.3 Å². The van der Waals surface area contributed by atoms with Gasteiger partial charge in [-0.2, -0.15) is 4.98 Å². The number of nitrogens with zero attached hydrogens (tertiary/aromatic N) is 4. The molecule has 0 aliphatic carbocycles. The number of methoxy groups -OCH3 is 1. The van der Waals surface area contributed by atoms with Crippen LogP contribution in [0.25, 0.3) is 16.8 Å². The molecule has 2 fully saturated rings. The van der Waals surface area contributed by atoms with Gasteiger partial charge in [-0.25, -0.2) is 8.91 Å². The highest BCUT2D eigenvalue weighted by Gasteiger charge is 2.50. The molecule has 1 spiro atoms. The number of halogens is 1. The molecule has 9 nitrogen and oxygen atoms in total. The maximum atomic E-state index is 13.1. The molecule has 2 aliphatic rings. The van der Waals surface area contributed by atoms with Gasteiger partial charge < -0.3 is 19.7 Å². The van der Waals surface area contributed by atoms with Crippen molar-refractivity contribution in [3.8, 4) is 16.9 Å². The predicted molar refractivity (Wildman–Crippen MR) is 163 cm³/mol. The number of Topliss-reactive ketones (excluding diaryl/α,β-unsaturated/α-hetero) is 1. The van der Waals surface area contributed by atoms with Crippen molar-refractivity contribution in [3.63, 3.8) is 0 Å². The van der Waals surface area contributed by atoms with Crippen molar-refractivity contribution in [2.75, 3.05) is 38.7 Å². The fourth-order valence-corrected chi connectivity index (χ4v) is 5.75. The number of pyridine rings is 1. The summed E-state index contributed by atoms with van der Waals surface area (Å²) in [5.74, 6) is 0.654. The number of anilines is 2. The molecule has 3 aromatic carbocycles. The summed E-state index contributed by atoms with van der Waals surface area (Å²) in [4.78, 5) is 31.9. The third-order valence-electron chi connectivity index (χ3n) is 8.19. The molecular weight excluding hydrogens is 561 g/mol. The van der Waals surface area contributed by atoms with Gasteiger partial charge in [0.2, 0.25) is 5.95 Å². The standard InChI is InChI=1S/C34H30FN5O4/c1-43-30-16-25(32(42)39-18-34(19-39)20-44-21-34)8-12-29(30)36-33-37-31-13-9-26(17-40(31)38-33)24-6-2-22(3-7-24)14-28(41)15-23-4-10-27(35)11-5-23/h2-13,16-17H,14-15,18-21H2,1H3,(H,36,38). The van der Waals surface area contributed by atoms with E-state index in [9.17, 15) is 14.0 Å². The normalized spacial score (nSPS) is 15.1. The lowest BCUT2D eigenvalue weighted by atomic mass is 9.78. The van der Waals surface area contributed by atoms with Crippen molar-refractivity contribution in [2.45, 2.75) is 12.8 Å². The number of amides is 1. The number of carbonyl (C=O) groups is 2. The van der Waals surface area contributed by atoms with Gasteiger partial charge in [0.1, 0.15) is 17.3 Å². The van der Waals surface area contributed by atoms with E-state index in [1.807, 2.05) is 47.5 Å². The number of aromatic nitrogens is 3. The minimum absolute atomic E-state index is 0.0182. The van der Waals surface area contributed by atoms with Gasteiger partial charge in [-0.3, -0.25) is 9.59 Å². The summed E-state index contributed by atoms with van der Waals surface area (Å²) in [5, 5.41) is 7.81. The largest absolute Gasteiger partial charge is 0.495 e. The molecular formula is C34H30FN5O4. The number of fused-ring (bicyclic) bond motifs is 1. The Balaban J connectivity index is 1.01. The second kappa shape index (κ2) is 11.2. The van der Waals surface area contributed by atoms with Crippen LogP contribution < -0.4 is 10.1 Å². The summed E-state index contributed by atoms with van der Waals surface area (Å²) < 4.78 is 25.7. The highest BCUT2D eigenvalue weighted by atomic mass is 19.1. The van der Waals surface area contributed by atoms with Gasteiger partial charge >= 0.3 is 0 Å². The maximum Gasteiger partial charge on any atom is 0.254 e. The zero-order valence-corrected chi connectivity index (χ0v) is 24.1. The average molecular weight is 592 g/mol. The van der Waals surface area contributed by atoms with E-state index in [1.165, 1.54) is 12.1 Å². The number of benzene rings is 3. The fraction of sp³-hybridized carbons (Fsp3) is 0.235. The van der Waals surface area contributed by atoms with E-state index < -0.39 is 0 Å². The molecule has 0 saturated carbocycles. The van der Waals surface area contributed by atoms with Crippen LogP contribution in [-0.2, 0) is 22.4 Å². The molecule has 0 unspecified atom stereocenters. The Kier molecular flexibility index (Phi) is 7.06. The molecule has 44 heavy (non-hydrogen) atoms. The van der Waals surface area contributed by atoms with Crippen molar-refractivity contribution in [3.05, 3.63) is 108 Å². The van der Waals surface area contributed by atoms with Gasteiger partial charge in [-0.1, -0.05) is 36.4 Å². The molecule has 7 rings (SSSR count). The topological polar surface area (TPSA) is 98.1 Å². The first-order chi connectivity index (χ1) is 21.4. The quantitative estimate of drug-likeness (QED) is 0.254. The monoisotopic (exact) mass is 591 g/mol. The Bertz CT molecular complexity index is 1860. The van der Waals surface area contributed by atoms with Crippen LogP contribution in [0, 0.1) is 11.2 Å². The highest BCUT2D eigenvalue weighted by molar-refractivity contribution is 5.96. The summed E-state index contributed by atoms with van der Waals surface area (Å²) >= 11 is 0. The van der Waals surface area contributed by atoms with Crippen molar-refractivity contribution in [1.82, 2.24) is 19.5 Å². The number of hydrogen-bond acceptors (Lipinski definition) is 7. The van der Waals surface area contributed by atoms with Crippen LogP contribution in [0.15, 0.2) is 85.1 Å². The zero-order valence-electron chi connectivity index (χ0n) is 24.1. The molecule has 5 aromatic rings. The first-order valence-electron chi connectivity index (χ1n) is 14.4. The molecule has 2 aromatic heterocycles. The molecule has 0 bridgehead atoms. The van der Waals surface area contributed by atoms with Gasteiger partial charge in [-0.15, -0.1) is 5.10 Å². The smallest absolute Gasteiger partial charge is 0.254 e. The molecule has 0 radical (unpaired) electrons. The van der Waals surface area contributed by atoms with Crippen LogP contribution >= 0.6 is 0 Å². The van der Waals surface area contributed by atoms with E-state index in [0.29, 0.717) is 35.0 Å². The number of likely N-dealkylation sites (tertiary alicyclic amines) is 1. The molecule has 10 heteroatoms. The number of hydrogen-bond donors (Lipinski definition) is 1. The van der Waals surface area contributed by atoms with Gasteiger partial charge in [0.25, 0.3) is 5.91 Å². The number of ether oxygens (including phenoxy) is 2. The third-order valence-corrected chi connectivity index (χ3v) is 8.19. The van der Waals surface area contributed by atoms with Crippen LogP contribution in [0.1, 0.15) is 21.5 Å². The average Bonchev–Trinajstić information content (AvgIpc) is 3.39. The molecule has 4 heterocycles. The zero-order chi connectivity index (χ0) is 30.3. The molecule has 0 atom stereocenters. The Hall–Kier alpha value is -5.09. The first-order valence-corrected chi connectivity index (χ1v) is 14.4. The summed E-state index contributed by atoms with van der Waals surface area (Å²) in [6.07, 6.45) is 2.47. The Morgan fingerprint density at radius 2 is 1.61 bits per heavy atom. The summed E-state index contributed by atoms with van der Waals surface area (Å²) in [5.41, 5.74) is 5.68. The third kappa shape index (κ3) is 5.51. The van der Waals surface area contributed by atoms with Gasteiger partial charge in [0.15, 0.2) is 5.65 Å². The first kappa shape index (κ1) is 27.7. The molecule has 1 amide bonds. The summed E-state index contributed by atoms with van der Waals surface area (Å²) in [7, 11) is 1.56. The van der Waals surface area contributed by atoms with Gasteiger partial charge in [0, 0.05) is 43.3 Å². The van der Waals surface area contributed by atoms with Crippen LogP contribution in [0.2, 0.25) is 0 Å². The molecule has 222 valence electrons. The lowest BCUT2D eigenvalue weighted by Gasteiger charge is -2.54. The van der Waals surface area contributed by atoms with Crippen LogP contribution in [0.5, 0.6) is 5.75 Å². The van der Waals surface area contributed by atoms with Crippen LogP contribution in [0.3, 0.4) is 0 Å². The van der Waals surface area contributed by atoms with E-state index in [1.54, 1.807) is 42.0 Å². The number of rotatable bonds is 9. The van der Waals surface area contributed by atoms with E-state index in [4.69, 9.17) is 9.47 Å². The second-order valence-electron chi connectivity index (χ2n) is 11.6. The molecule has 2 aliphatic heterocycles. The fourth-order valence-electron chi connectivity index (χ4n) is 5.75. The van der Waals surface area contributed by atoms with Crippen molar-refractivity contribution in [1.29, 1.82) is 0 Å². The Morgan fingerprint density at radius 1 is 0.932 bits per heavy atom. The number of ketones is 1. The maximum absolute atomic E-state index is 13.1. The lowest BCUT2D eigenvalue weighted by Crippen LogP contribution is -2.67.